The molecule has 0 saturated carbocycles. The third-order valence-corrected chi connectivity index (χ3v) is 2.21. The Kier molecular flexibility index (Phi) is 4.17. The standard InChI is InChI=1S/C10H10ClN3O3/c1-13(2)6-12-10(15)7-4-3-5-8(9(7)11)14(16)17/h3-6H,1-2H3. The number of hydrogen-bond donors (Lipinski definition) is 0. The van der Waals surface area contributed by atoms with Crippen molar-refractivity contribution in [3.8, 4) is 0 Å². The van der Waals surface area contributed by atoms with Gasteiger partial charge in [0.25, 0.3) is 11.6 Å². The molecule has 17 heavy (non-hydrogen) atoms. The summed E-state index contributed by atoms with van der Waals surface area (Å²) in [7, 11) is 3.40. The van der Waals surface area contributed by atoms with Crippen LogP contribution in [0.1, 0.15) is 10.4 Å². The van der Waals surface area contributed by atoms with E-state index in [2.05, 4.69) is 4.99 Å². The lowest BCUT2D eigenvalue weighted by Crippen LogP contribution is -2.10. The molecule has 0 radical (unpaired) electrons. The van der Waals surface area contributed by atoms with E-state index in [0.717, 1.165) is 0 Å². The molecule has 0 heterocycles. The van der Waals surface area contributed by atoms with Crippen molar-refractivity contribution in [1.29, 1.82) is 0 Å². The molecule has 6 nitrogen and oxygen atoms in total. The SMILES string of the molecule is CN(C)C=NC(=O)c1cccc([N+](=O)[O-])c1Cl. The highest BCUT2D eigenvalue weighted by molar-refractivity contribution is 6.36. The Morgan fingerprint density at radius 1 is 1.53 bits per heavy atom. The van der Waals surface area contributed by atoms with Crippen molar-refractivity contribution < 1.29 is 9.72 Å². The Bertz CT molecular complexity index is 486. The van der Waals surface area contributed by atoms with Gasteiger partial charge in [0.05, 0.1) is 16.8 Å². The van der Waals surface area contributed by atoms with Crippen LogP contribution in [0.25, 0.3) is 0 Å². The van der Waals surface area contributed by atoms with Gasteiger partial charge in [-0.2, -0.15) is 4.99 Å². The second kappa shape index (κ2) is 5.40. The quantitative estimate of drug-likeness (QED) is 0.358. The van der Waals surface area contributed by atoms with Crippen molar-refractivity contribution in [3.05, 3.63) is 38.9 Å². The molecular weight excluding hydrogens is 246 g/mol. The van der Waals surface area contributed by atoms with Crippen LogP contribution in [-0.2, 0) is 0 Å². The summed E-state index contributed by atoms with van der Waals surface area (Å²) < 4.78 is 0. The first-order chi connectivity index (χ1) is 7.93. The van der Waals surface area contributed by atoms with Crippen LogP contribution in [0.15, 0.2) is 23.2 Å². The molecule has 0 spiro atoms. The first kappa shape index (κ1) is 13.1. The predicted octanol–water partition coefficient (Wildman–Crippen LogP) is 1.98. The van der Waals surface area contributed by atoms with E-state index in [4.69, 9.17) is 11.6 Å². The average molecular weight is 256 g/mol. The molecule has 0 unspecified atom stereocenters. The molecule has 1 aromatic carbocycles. The highest BCUT2D eigenvalue weighted by Gasteiger charge is 2.19. The first-order valence-electron chi connectivity index (χ1n) is 4.61. The monoisotopic (exact) mass is 255 g/mol. The molecule has 0 aliphatic carbocycles. The van der Waals surface area contributed by atoms with Crippen molar-refractivity contribution in [2.75, 3.05) is 14.1 Å². The van der Waals surface area contributed by atoms with E-state index in [-0.39, 0.29) is 16.3 Å². The highest BCUT2D eigenvalue weighted by atomic mass is 35.5. The molecule has 1 aromatic rings. The van der Waals surface area contributed by atoms with Crippen LogP contribution in [0.3, 0.4) is 0 Å². The highest BCUT2D eigenvalue weighted by Crippen LogP contribution is 2.28. The van der Waals surface area contributed by atoms with Crippen LogP contribution in [0.5, 0.6) is 0 Å². The van der Waals surface area contributed by atoms with Gasteiger partial charge in [-0.1, -0.05) is 17.7 Å². The summed E-state index contributed by atoms with van der Waals surface area (Å²) in [6, 6.07) is 4.02. The molecule has 0 aromatic heterocycles. The van der Waals surface area contributed by atoms with E-state index >= 15 is 0 Å². The van der Waals surface area contributed by atoms with E-state index in [1.165, 1.54) is 24.5 Å². The van der Waals surface area contributed by atoms with E-state index < -0.39 is 10.8 Å². The number of carbonyl (C=O) groups is 1. The second-order valence-electron chi connectivity index (χ2n) is 3.41. The maximum atomic E-state index is 11.6. The number of amides is 1. The normalized spacial score (nSPS) is 10.5. The molecule has 0 aliphatic heterocycles. The fourth-order valence-electron chi connectivity index (χ4n) is 1.06. The first-order valence-corrected chi connectivity index (χ1v) is 4.99. The Morgan fingerprint density at radius 3 is 2.71 bits per heavy atom. The van der Waals surface area contributed by atoms with Gasteiger partial charge in [0.1, 0.15) is 5.02 Å². The lowest BCUT2D eigenvalue weighted by molar-refractivity contribution is -0.384. The summed E-state index contributed by atoms with van der Waals surface area (Å²) in [5, 5.41) is 10.4. The van der Waals surface area contributed by atoms with E-state index in [1.807, 2.05) is 0 Å². The second-order valence-corrected chi connectivity index (χ2v) is 3.79. The molecule has 0 fully saturated rings. The van der Waals surface area contributed by atoms with E-state index in [1.54, 1.807) is 19.0 Å². The molecule has 0 saturated heterocycles. The summed E-state index contributed by atoms with van der Waals surface area (Å²) in [6.07, 6.45) is 1.30. The van der Waals surface area contributed by atoms with E-state index in [0.29, 0.717) is 0 Å². The molecule has 90 valence electrons. The number of nitro groups is 1. The zero-order valence-electron chi connectivity index (χ0n) is 9.25. The van der Waals surface area contributed by atoms with Gasteiger partial charge in [0.2, 0.25) is 0 Å². The van der Waals surface area contributed by atoms with Crippen LogP contribution in [0.2, 0.25) is 5.02 Å². The largest absolute Gasteiger partial charge is 0.369 e. The van der Waals surface area contributed by atoms with Gasteiger partial charge in [0, 0.05) is 20.2 Å². The van der Waals surface area contributed by atoms with Crippen molar-refractivity contribution in [1.82, 2.24) is 4.90 Å². The van der Waals surface area contributed by atoms with Crippen molar-refractivity contribution in [2.24, 2.45) is 4.99 Å². The molecule has 1 amide bonds. The topological polar surface area (TPSA) is 75.8 Å². The van der Waals surface area contributed by atoms with Gasteiger partial charge in [-0.3, -0.25) is 14.9 Å². The molecule has 0 aliphatic rings. The number of nitro benzene ring substituents is 1. The van der Waals surface area contributed by atoms with Crippen molar-refractivity contribution in [2.45, 2.75) is 0 Å². The van der Waals surface area contributed by atoms with Gasteiger partial charge in [0.15, 0.2) is 0 Å². The third kappa shape index (κ3) is 3.25. The number of benzene rings is 1. The summed E-state index contributed by atoms with van der Waals surface area (Å²) in [5.74, 6) is -0.618. The Balaban J connectivity index is 3.11. The number of rotatable bonds is 3. The number of hydrogen-bond acceptors (Lipinski definition) is 3. The molecule has 0 bridgehead atoms. The third-order valence-electron chi connectivity index (χ3n) is 1.81. The fourth-order valence-corrected chi connectivity index (χ4v) is 1.34. The fraction of sp³-hybridized carbons (Fsp3) is 0.200. The summed E-state index contributed by atoms with van der Waals surface area (Å²) >= 11 is 5.76. The predicted molar refractivity (Wildman–Crippen MR) is 64.6 cm³/mol. The van der Waals surface area contributed by atoms with Crippen molar-refractivity contribution in [3.63, 3.8) is 0 Å². The molecular formula is C10H10ClN3O3. The van der Waals surface area contributed by atoms with Crippen LogP contribution in [0, 0.1) is 10.1 Å². The Labute approximate surface area is 103 Å². The summed E-state index contributed by atoms with van der Waals surface area (Å²) in [6.45, 7) is 0. The minimum absolute atomic E-state index is 0.0129. The van der Waals surface area contributed by atoms with Crippen LogP contribution in [0.4, 0.5) is 5.69 Å². The average Bonchev–Trinajstić information content (AvgIpc) is 2.25. The number of nitrogens with zero attached hydrogens (tertiary/aromatic N) is 3. The van der Waals surface area contributed by atoms with Crippen molar-refractivity contribution >= 4 is 29.5 Å². The number of carbonyl (C=O) groups excluding carboxylic acids is 1. The van der Waals surface area contributed by atoms with Gasteiger partial charge in [-0.15, -0.1) is 0 Å². The number of halogens is 1. The molecule has 7 heteroatoms. The van der Waals surface area contributed by atoms with Crippen LogP contribution >= 0.6 is 11.6 Å². The molecule has 0 N–H and O–H groups in total. The lowest BCUT2D eigenvalue weighted by atomic mass is 10.2. The van der Waals surface area contributed by atoms with E-state index in [9.17, 15) is 14.9 Å². The zero-order chi connectivity index (χ0) is 13.0. The minimum Gasteiger partial charge on any atom is -0.369 e. The Morgan fingerprint density at radius 2 is 2.18 bits per heavy atom. The summed E-state index contributed by atoms with van der Waals surface area (Å²) in [4.78, 5) is 26.8. The van der Waals surface area contributed by atoms with Gasteiger partial charge < -0.3 is 4.90 Å². The number of aliphatic imine (C=N–C) groups is 1. The van der Waals surface area contributed by atoms with Gasteiger partial charge in [-0.25, -0.2) is 0 Å². The Hall–Kier alpha value is -1.95. The smallest absolute Gasteiger partial charge is 0.288 e. The van der Waals surface area contributed by atoms with Crippen LogP contribution < -0.4 is 0 Å². The van der Waals surface area contributed by atoms with Gasteiger partial charge >= 0.3 is 0 Å². The van der Waals surface area contributed by atoms with Crippen LogP contribution in [-0.4, -0.2) is 36.2 Å². The zero-order valence-corrected chi connectivity index (χ0v) is 10.0. The lowest BCUT2D eigenvalue weighted by Gasteiger charge is -2.03. The molecule has 1 rings (SSSR count). The maximum absolute atomic E-state index is 11.6. The minimum atomic E-state index is -0.644. The maximum Gasteiger partial charge on any atom is 0.288 e. The molecule has 0 atom stereocenters. The van der Waals surface area contributed by atoms with Gasteiger partial charge in [-0.05, 0) is 6.07 Å². The summed E-state index contributed by atoms with van der Waals surface area (Å²) in [5.41, 5.74) is -0.295.